The van der Waals surface area contributed by atoms with Gasteiger partial charge in [0.15, 0.2) is 0 Å². The molecular formula is C15H15BrN2O2. The minimum absolute atomic E-state index is 0.0503. The summed E-state index contributed by atoms with van der Waals surface area (Å²) < 4.78 is 6.46. The number of hydrogen-bond donors (Lipinski definition) is 1. The molecule has 1 heterocycles. The fourth-order valence-corrected chi connectivity index (χ4v) is 1.98. The maximum Gasteiger partial charge on any atom is 0.223 e. The number of hydrogen-bond acceptors (Lipinski definition) is 3. The number of nitrogens with one attached hydrogen (secondary N) is 1. The van der Waals surface area contributed by atoms with Gasteiger partial charge in [-0.25, -0.2) is 0 Å². The van der Waals surface area contributed by atoms with Gasteiger partial charge in [-0.15, -0.1) is 0 Å². The lowest BCUT2D eigenvalue weighted by Gasteiger charge is -2.07. The van der Waals surface area contributed by atoms with E-state index >= 15 is 0 Å². The Morgan fingerprint density at radius 2 is 2.15 bits per heavy atom. The quantitative estimate of drug-likeness (QED) is 0.883. The lowest BCUT2D eigenvalue weighted by molar-refractivity contribution is -0.121. The normalized spacial score (nSPS) is 10.1. The van der Waals surface area contributed by atoms with Gasteiger partial charge in [0.25, 0.3) is 0 Å². The van der Waals surface area contributed by atoms with Crippen LogP contribution in [0.25, 0.3) is 0 Å². The van der Waals surface area contributed by atoms with Crippen LogP contribution < -0.4 is 10.1 Å². The maximum atomic E-state index is 11.6. The van der Waals surface area contributed by atoms with Crippen molar-refractivity contribution in [1.82, 2.24) is 10.3 Å². The van der Waals surface area contributed by atoms with Crippen molar-refractivity contribution in [2.75, 3.05) is 6.61 Å². The summed E-state index contributed by atoms with van der Waals surface area (Å²) in [6.45, 7) is 0.793. The van der Waals surface area contributed by atoms with Crippen LogP contribution in [0.4, 0.5) is 0 Å². The Labute approximate surface area is 126 Å². The second-order valence-electron chi connectivity index (χ2n) is 4.15. The van der Waals surface area contributed by atoms with E-state index in [-0.39, 0.29) is 5.91 Å². The Balaban J connectivity index is 1.68. The molecule has 0 saturated heterocycles. The van der Waals surface area contributed by atoms with Crippen LogP contribution in [-0.2, 0) is 11.3 Å². The molecule has 1 aromatic carbocycles. The number of ether oxygens (including phenoxy) is 1. The van der Waals surface area contributed by atoms with E-state index in [0.717, 1.165) is 15.9 Å². The van der Waals surface area contributed by atoms with E-state index in [1.807, 2.05) is 42.5 Å². The second kappa shape index (κ2) is 7.65. The van der Waals surface area contributed by atoms with Gasteiger partial charge in [-0.1, -0.05) is 28.1 Å². The summed E-state index contributed by atoms with van der Waals surface area (Å²) >= 11 is 3.37. The third-order valence-electron chi connectivity index (χ3n) is 2.59. The lowest BCUT2D eigenvalue weighted by Crippen LogP contribution is -2.24. The van der Waals surface area contributed by atoms with E-state index in [4.69, 9.17) is 4.74 Å². The fourth-order valence-electron chi connectivity index (χ4n) is 1.60. The molecule has 0 atom stereocenters. The number of benzene rings is 1. The van der Waals surface area contributed by atoms with E-state index < -0.39 is 0 Å². The molecule has 1 N–H and O–H groups in total. The van der Waals surface area contributed by atoms with E-state index in [1.54, 1.807) is 6.20 Å². The van der Waals surface area contributed by atoms with Crippen molar-refractivity contribution >= 4 is 21.8 Å². The second-order valence-corrected chi connectivity index (χ2v) is 5.07. The van der Waals surface area contributed by atoms with Crippen molar-refractivity contribution in [3.8, 4) is 5.75 Å². The molecule has 0 spiro atoms. The predicted molar refractivity (Wildman–Crippen MR) is 80.3 cm³/mol. The summed E-state index contributed by atoms with van der Waals surface area (Å²) in [6, 6.07) is 13.1. The molecule has 4 nitrogen and oxygen atoms in total. The monoisotopic (exact) mass is 334 g/mol. The van der Waals surface area contributed by atoms with Gasteiger partial charge in [-0.3, -0.25) is 9.78 Å². The van der Waals surface area contributed by atoms with Crippen molar-refractivity contribution in [1.29, 1.82) is 0 Å². The molecule has 0 bridgehead atoms. The SMILES string of the molecule is O=C(CCOc1cccc(Br)c1)NCc1ccccn1. The van der Waals surface area contributed by atoms with Gasteiger partial charge < -0.3 is 10.1 Å². The van der Waals surface area contributed by atoms with Crippen LogP contribution in [0.2, 0.25) is 0 Å². The Hall–Kier alpha value is -1.88. The molecule has 2 aromatic rings. The Bertz CT molecular complexity index is 561. The highest BCUT2D eigenvalue weighted by Crippen LogP contribution is 2.17. The van der Waals surface area contributed by atoms with Gasteiger partial charge in [0.1, 0.15) is 5.75 Å². The molecule has 0 unspecified atom stereocenters. The standard InChI is InChI=1S/C15H15BrN2O2/c16-12-4-3-6-14(10-12)20-9-7-15(19)18-11-13-5-1-2-8-17-13/h1-6,8,10H,7,9,11H2,(H,18,19). The summed E-state index contributed by atoms with van der Waals surface area (Å²) in [5.41, 5.74) is 0.841. The number of aromatic nitrogens is 1. The first-order valence-corrected chi connectivity index (χ1v) is 7.08. The number of amides is 1. The van der Waals surface area contributed by atoms with Crippen LogP contribution >= 0.6 is 15.9 Å². The molecule has 0 aliphatic rings. The summed E-state index contributed by atoms with van der Waals surface area (Å²) in [5, 5.41) is 2.81. The van der Waals surface area contributed by atoms with E-state index in [9.17, 15) is 4.79 Å². The first kappa shape index (κ1) is 14.5. The Kier molecular flexibility index (Phi) is 5.55. The third-order valence-corrected chi connectivity index (χ3v) is 3.08. The molecule has 0 fully saturated rings. The van der Waals surface area contributed by atoms with Crippen LogP contribution in [0.15, 0.2) is 53.1 Å². The Morgan fingerprint density at radius 1 is 1.25 bits per heavy atom. The lowest BCUT2D eigenvalue weighted by atomic mass is 10.3. The smallest absolute Gasteiger partial charge is 0.223 e. The van der Waals surface area contributed by atoms with Gasteiger partial charge in [0, 0.05) is 10.7 Å². The van der Waals surface area contributed by atoms with Crippen molar-refractivity contribution < 1.29 is 9.53 Å². The molecule has 1 amide bonds. The number of nitrogens with zero attached hydrogens (tertiary/aromatic N) is 1. The Morgan fingerprint density at radius 3 is 2.90 bits per heavy atom. The zero-order valence-electron chi connectivity index (χ0n) is 10.9. The van der Waals surface area contributed by atoms with Crippen LogP contribution in [0.5, 0.6) is 5.75 Å². The third kappa shape index (κ3) is 5.01. The van der Waals surface area contributed by atoms with Crippen molar-refractivity contribution in [2.24, 2.45) is 0 Å². The predicted octanol–water partition coefficient (Wildman–Crippen LogP) is 2.93. The summed E-state index contributed by atoms with van der Waals surface area (Å²) in [7, 11) is 0. The summed E-state index contributed by atoms with van der Waals surface area (Å²) in [5.74, 6) is 0.697. The highest BCUT2D eigenvalue weighted by Gasteiger charge is 2.02. The average Bonchev–Trinajstić information content (AvgIpc) is 2.46. The van der Waals surface area contributed by atoms with E-state index in [0.29, 0.717) is 19.6 Å². The first-order valence-electron chi connectivity index (χ1n) is 6.29. The summed E-state index contributed by atoms with van der Waals surface area (Å²) in [4.78, 5) is 15.8. The molecule has 2 rings (SSSR count). The number of carbonyl (C=O) groups is 1. The average molecular weight is 335 g/mol. The van der Waals surface area contributed by atoms with Gasteiger partial charge in [-0.2, -0.15) is 0 Å². The summed E-state index contributed by atoms with van der Waals surface area (Å²) in [6.07, 6.45) is 2.03. The van der Waals surface area contributed by atoms with Gasteiger partial charge in [0.2, 0.25) is 5.91 Å². The molecule has 104 valence electrons. The molecule has 5 heteroatoms. The first-order chi connectivity index (χ1) is 9.74. The largest absolute Gasteiger partial charge is 0.493 e. The van der Waals surface area contributed by atoms with Gasteiger partial charge in [-0.05, 0) is 30.3 Å². The number of pyridine rings is 1. The molecule has 0 aliphatic heterocycles. The van der Waals surface area contributed by atoms with E-state index in [2.05, 4.69) is 26.2 Å². The minimum Gasteiger partial charge on any atom is -0.493 e. The molecule has 0 saturated carbocycles. The van der Waals surface area contributed by atoms with Gasteiger partial charge >= 0.3 is 0 Å². The molecular weight excluding hydrogens is 320 g/mol. The highest BCUT2D eigenvalue weighted by atomic mass is 79.9. The van der Waals surface area contributed by atoms with Crippen LogP contribution in [-0.4, -0.2) is 17.5 Å². The number of halogens is 1. The topological polar surface area (TPSA) is 51.2 Å². The van der Waals surface area contributed by atoms with Gasteiger partial charge in [0.05, 0.1) is 25.3 Å². The van der Waals surface area contributed by atoms with E-state index in [1.165, 1.54) is 0 Å². The highest BCUT2D eigenvalue weighted by molar-refractivity contribution is 9.10. The zero-order valence-corrected chi connectivity index (χ0v) is 12.5. The minimum atomic E-state index is -0.0503. The fraction of sp³-hybridized carbons (Fsp3) is 0.200. The zero-order chi connectivity index (χ0) is 14.2. The van der Waals surface area contributed by atoms with Crippen molar-refractivity contribution in [2.45, 2.75) is 13.0 Å². The number of rotatable bonds is 6. The molecule has 0 aliphatic carbocycles. The van der Waals surface area contributed by atoms with Crippen LogP contribution in [0.1, 0.15) is 12.1 Å². The number of carbonyl (C=O) groups excluding carboxylic acids is 1. The molecule has 1 aromatic heterocycles. The van der Waals surface area contributed by atoms with Crippen LogP contribution in [0, 0.1) is 0 Å². The maximum absolute atomic E-state index is 11.6. The van der Waals surface area contributed by atoms with Crippen LogP contribution in [0.3, 0.4) is 0 Å². The van der Waals surface area contributed by atoms with Crippen molar-refractivity contribution in [3.63, 3.8) is 0 Å². The molecule has 0 radical (unpaired) electrons. The van der Waals surface area contributed by atoms with Crippen molar-refractivity contribution in [3.05, 3.63) is 58.8 Å². The molecule has 20 heavy (non-hydrogen) atoms.